The van der Waals surface area contributed by atoms with Crippen molar-refractivity contribution < 1.29 is 8.76 Å². The number of hydrogen-bond donors (Lipinski definition) is 1. The van der Waals surface area contributed by atoms with E-state index in [1.54, 1.807) is 0 Å². The van der Waals surface area contributed by atoms with Crippen LogP contribution in [0.15, 0.2) is 0 Å². The van der Waals surface area contributed by atoms with Crippen LogP contribution in [0.3, 0.4) is 0 Å². The minimum atomic E-state index is -1.61. The maximum absolute atomic E-state index is 10.7. The van der Waals surface area contributed by atoms with Gasteiger partial charge in [0, 0.05) is 6.04 Å². The first-order chi connectivity index (χ1) is 5.61. The lowest BCUT2D eigenvalue weighted by Crippen LogP contribution is -2.41. The number of likely N-dealkylation sites (tertiary alicyclic amines) is 1. The molecule has 0 aromatic heterocycles. The van der Waals surface area contributed by atoms with E-state index >= 15 is 0 Å². The van der Waals surface area contributed by atoms with Crippen molar-refractivity contribution in [2.75, 3.05) is 13.1 Å². The molecule has 12 heavy (non-hydrogen) atoms. The van der Waals surface area contributed by atoms with Gasteiger partial charge in [-0.15, -0.1) is 0 Å². The van der Waals surface area contributed by atoms with Crippen LogP contribution in [-0.4, -0.2) is 38.0 Å². The molecule has 1 N–H and O–H groups in total. The van der Waals surface area contributed by atoms with Gasteiger partial charge >= 0.3 is 0 Å². The molecule has 0 bridgehead atoms. The van der Waals surface area contributed by atoms with Gasteiger partial charge in [-0.3, -0.25) is 0 Å². The molecule has 1 aliphatic rings. The van der Waals surface area contributed by atoms with Gasteiger partial charge in [-0.05, 0) is 39.8 Å². The van der Waals surface area contributed by atoms with Crippen molar-refractivity contribution in [1.82, 2.24) is 4.90 Å². The van der Waals surface area contributed by atoms with Crippen LogP contribution in [0.1, 0.15) is 26.7 Å². The molecule has 1 aliphatic heterocycles. The molecule has 0 spiro atoms. The Morgan fingerprint density at radius 2 is 1.92 bits per heavy atom. The maximum Gasteiger partial charge on any atom is 0.156 e. The minimum absolute atomic E-state index is 0.0139. The Bertz CT molecular complexity index is 164. The SMILES string of the molecule is CC(C)N1CCC(S(=O)O)CC1. The van der Waals surface area contributed by atoms with E-state index in [9.17, 15) is 4.21 Å². The summed E-state index contributed by atoms with van der Waals surface area (Å²) in [4.78, 5) is 2.35. The number of rotatable bonds is 2. The number of piperidine rings is 1. The zero-order chi connectivity index (χ0) is 9.14. The second-order valence-electron chi connectivity index (χ2n) is 3.61. The third kappa shape index (κ3) is 2.54. The Balaban J connectivity index is 2.34. The maximum atomic E-state index is 10.7. The lowest BCUT2D eigenvalue weighted by Gasteiger charge is -2.33. The standard InChI is InChI=1S/C8H17NO2S/c1-7(2)9-5-3-8(4-6-9)12(10)11/h7-8H,3-6H2,1-2H3,(H,10,11). The fraction of sp³-hybridized carbons (Fsp3) is 1.00. The minimum Gasteiger partial charge on any atom is -0.306 e. The smallest absolute Gasteiger partial charge is 0.156 e. The number of nitrogens with zero attached hydrogens (tertiary/aromatic N) is 1. The van der Waals surface area contributed by atoms with Gasteiger partial charge in [0.2, 0.25) is 0 Å². The Morgan fingerprint density at radius 1 is 1.42 bits per heavy atom. The van der Waals surface area contributed by atoms with Gasteiger partial charge in [0.1, 0.15) is 0 Å². The highest BCUT2D eigenvalue weighted by molar-refractivity contribution is 7.79. The topological polar surface area (TPSA) is 40.5 Å². The summed E-state index contributed by atoms with van der Waals surface area (Å²) in [6.45, 7) is 6.26. The molecule has 1 heterocycles. The van der Waals surface area contributed by atoms with E-state index in [1.807, 2.05) is 0 Å². The van der Waals surface area contributed by atoms with Crippen LogP contribution in [0.25, 0.3) is 0 Å². The van der Waals surface area contributed by atoms with Crippen molar-refractivity contribution in [3.05, 3.63) is 0 Å². The van der Waals surface area contributed by atoms with Gasteiger partial charge in [0.15, 0.2) is 11.1 Å². The van der Waals surface area contributed by atoms with Gasteiger partial charge in [-0.1, -0.05) is 0 Å². The van der Waals surface area contributed by atoms with Crippen molar-refractivity contribution in [2.24, 2.45) is 0 Å². The molecule has 1 atom stereocenters. The van der Waals surface area contributed by atoms with Crippen molar-refractivity contribution in [1.29, 1.82) is 0 Å². The summed E-state index contributed by atoms with van der Waals surface area (Å²) < 4.78 is 19.6. The van der Waals surface area contributed by atoms with E-state index in [1.165, 1.54) is 0 Å². The summed E-state index contributed by atoms with van der Waals surface area (Å²) in [6.07, 6.45) is 1.72. The van der Waals surface area contributed by atoms with E-state index in [0.29, 0.717) is 6.04 Å². The second kappa shape index (κ2) is 4.35. The quantitative estimate of drug-likeness (QED) is 0.664. The molecular formula is C8H17NO2S. The Hall–Kier alpha value is 0.0700. The predicted molar refractivity (Wildman–Crippen MR) is 50.5 cm³/mol. The van der Waals surface area contributed by atoms with E-state index in [2.05, 4.69) is 18.7 Å². The van der Waals surface area contributed by atoms with Crippen molar-refractivity contribution in [2.45, 2.75) is 38.0 Å². The highest BCUT2D eigenvalue weighted by Crippen LogP contribution is 2.16. The summed E-state index contributed by atoms with van der Waals surface area (Å²) in [5.41, 5.74) is 0. The van der Waals surface area contributed by atoms with E-state index < -0.39 is 11.1 Å². The predicted octanol–water partition coefficient (Wildman–Crippen LogP) is 1.08. The van der Waals surface area contributed by atoms with Crippen molar-refractivity contribution in [3.8, 4) is 0 Å². The molecule has 0 amide bonds. The zero-order valence-electron chi connectivity index (χ0n) is 7.69. The van der Waals surface area contributed by atoms with E-state index in [0.717, 1.165) is 25.9 Å². The van der Waals surface area contributed by atoms with Gasteiger partial charge in [0.25, 0.3) is 0 Å². The summed E-state index contributed by atoms with van der Waals surface area (Å²) in [6, 6.07) is 0.568. The average molecular weight is 191 g/mol. The van der Waals surface area contributed by atoms with Crippen LogP contribution >= 0.6 is 0 Å². The third-order valence-corrected chi connectivity index (χ3v) is 3.53. The fourth-order valence-corrected chi connectivity index (χ4v) is 2.21. The summed E-state index contributed by atoms with van der Waals surface area (Å²) in [5, 5.41) is 0.0139. The molecule has 0 aliphatic carbocycles. The largest absolute Gasteiger partial charge is 0.306 e. The summed E-state index contributed by atoms with van der Waals surface area (Å²) in [5.74, 6) is 0. The molecule has 0 radical (unpaired) electrons. The lowest BCUT2D eigenvalue weighted by molar-refractivity contribution is 0.185. The van der Waals surface area contributed by atoms with E-state index in [-0.39, 0.29) is 5.25 Å². The monoisotopic (exact) mass is 191 g/mol. The third-order valence-electron chi connectivity index (χ3n) is 2.49. The van der Waals surface area contributed by atoms with Crippen molar-refractivity contribution in [3.63, 3.8) is 0 Å². The average Bonchev–Trinajstić information content (AvgIpc) is 2.04. The van der Waals surface area contributed by atoms with Gasteiger partial charge in [-0.2, -0.15) is 0 Å². The Labute approximate surface area is 76.4 Å². The van der Waals surface area contributed by atoms with Crippen LogP contribution in [0.4, 0.5) is 0 Å². The highest BCUT2D eigenvalue weighted by Gasteiger charge is 2.23. The molecular weight excluding hydrogens is 174 g/mol. The lowest BCUT2D eigenvalue weighted by atomic mass is 10.1. The molecule has 1 saturated heterocycles. The Kier molecular flexibility index (Phi) is 3.68. The van der Waals surface area contributed by atoms with Crippen LogP contribution in [-0.2, 0) is 11.1 Å². The molecule has 72 valence electrons. The van der Waals surface area contributed by atoms with Crippen LogP contribution in [0.5, 0.6) is 0 Å². The highest BCUT2D eigenvalue weighted by atomic mass is 32.2. The molecule has 0 saturated carbocycles. The molecule has 3 nitrogen and oxygen atoms in total. The molecule has 1 rings (SSSR count). The van der Waals surface area contributed by atoms with Crippen LogP contribution in [0.2, 0.25) is 0 Å². The van der Waals surface area contributed by atoms with Gasteiger partial charge < -0.3 is 9.45 Å². The fourth-order valence-electron chi connectivity index (χ4n) is 1.59. The van der Waals surface area contributed by atoms with Crippen LogP contribution < -0.4 is 0 Å². The van der Waals surface area contributed by atoms with E-state index in [4.69, 9.17) is 4.55 Å². The van der Waals surface area contributed by atoms with Gasteiger partial charge in [-0.25, -0.2) is 4.21 Å². The summed E-state index contributed by atoms with van der Waals surface area (Å²) >= 11 is -1.61. The first-order valence-electron chi connectivity index (χ1n) is 4.45. The van der Waals surface area contributed by atoms with Crippen LogP contribution in [0, 0.1) is 0 Å². The molecule has 4 heteroatoms. The number of hydrogen-bond acceptors (Lipinski definition) is 2. The molecule has 0 aromatic rings. The summed E-state index contributed by atoms with van der Waals surface area (Å²) in [7, 11) is 0. The van der Waals surface area contributed by atoms with Crippen molar-refractivity contribution >= 4 is 11.1 Å². The Morgan fingerprint density at radius 3 is 2.25 bits per heavy atom. The second-order valence-corrected chi connectivity index (χ2v) is 4.82. The molecule has 0 aromatic carbocycles. The normalized spacial score (nSPS) is 24.7. The zero-order valence-corrected chi connectivity index (χ0v) is 8.51. The molecule has 1 fully saturated rings. The molecule has 1 unspecified atom stereocenters. The first-order valence-corrected chi connectivity index (χ1v) is 5.62. The first kappa shape index (κ1) is 10.2. The van der Waals surface area contributed by atoms with Gasteiger partial charge in [0.05, 0.1) is 5.25 Å².